The number of hydrazone groups is 1. The lowest BCUT2D eigenvalue weighted by Crippen LogP contribution is -2.17. The van der Waals surface area contributed by atoms with Crippen molar-refractivity contribution in [1.29, 1.82) is 0 Å². The van der Waals surface area contributed by atoms with Crippen molar-refractivity contribution in [2.24, 2.45) is 5.10 Å². The topological polar surface area (TPSA) is 77.5 Å². The summed E-state index contributed by atoms with van der Waals surface area (Å²) in [5, 5.41) is 13.2. The Hall–Kier alpha value is -2.56. The van der Waals surface area contributed by atoms with E-state index >= 15 is 0 Å². The van der Waals surface area contributed by atoms with E-state index in [-0.39, 0.29) is 11.3 Å². The molecule has 1 aromatic heterocycles. The maximum absolute atomic E-state index is 11.6. The van der Waals surface area contributed by atoms with E-state index in [1.807, 2.05) is 12.1 Å². The highest BCUT2D eigenvalue weighted by atomic mass is 16.3. The number of amides is 1. The van der Waals surface area contributed by atoms with Gasteiger partial charge in [0.15, 0.2) is 0 Å². The summed E-state index contributed by atoms with van der Waals surface area (Å²) >= 11 is 0. The number of carbonyl (C=O) groups excluding carboxylic acids is 1. The molecule has 0 aliphatic carbocycles. The Labute approximate surface area is 97.8 Å². The smallest absolute Gasteiger partial charge is 0.275 e. The lowest BCUT2D eigenvalue weighted by molar-refractivity contribution is 0.0952. The quantitative estimate of drug-likeness (QED) is 0.550. The molecule has 0 atom stereocenters. The molecule has 2 rings (SSSR count). The normalized spacial score (nSPS) is 10.6. The second-order valence-electron chi connectivity index (χ2n) is 3.34. The summed E-state index contributed by atoms with van der Waals surface area (Å²) in [6.45, 7) is 0. The lowest BCUT2D eigenvalue weighted by Gasteiger charge is -2.01. The fraction of sp³-hybridized carbons (Fsp3) is 0. The summed E-state index contributed by atoms with van der Waals surface area (Å²) < 4.78 is 0. The Morgan fingerprint density at radius 3 is 2.82 bits per heavy atom. The van der Waals surface area contributed by atoms with Crippen molar-refractivity contribution >= 4 is 12.1 Å². The number of aromatic amines is 1. The molecule has 0 aliphatic heterocycles. The molecule has 5 nitrogen and oxygen atoms in total. The van der Waals surface area contributed by atoms with Gasteiger partial charge in [-0.1, -0.05) is 12.1 Å². The fourth-order valence-corrected chi connectivity index (χ4v) is 1.31. The minimum absolute atomic E-state index is 0.0694. The summed E-state index contributed by atoms with van der Waals surface area (Å²) in [5.41, 5.74) is 3.30. The number of hydrogen-bond donors (Lipinski definition) is 3. The molecule has 0 saturated heterocycles. The van der Waals surface area contributed by atoms with Crippen molar-refractivity contribution in [1.82, 2.24) is 10.4 Å². The summed E-state index contributed by atoms with van der Waals surface area (Å²) in [6.07, 6.45) is 3.24. The first-order chi connectivity index (χ1) is 8.27. The summed E-state index contributed by atoms with van der Waals surface area (Å²) in [5.74, 6) is -0.522. The van der Waals surface area contributed by atoms with Crippen LogP contribution in [0.15, 0.2) is 47.7 Å². The number of nitrogens with zero attached hydrogens (tertiary/aromatic N) is 1. The predicted octanol–water partition coefficient (Wildman–Crippen LogP) is 1.48. The number of rotatable bonds is 3. The van der Waals surface area contributed by atoms with E-state index in [2.05, 4.69) is 15.5 Å². The molecule has 5 heteroatoms. The molecule has 3 N–H and O–H groups in total. The van der Waals surface area contributed by atoms with Crippen molar-refractivity contribution in [2.45, 2.75) is 0 Å². The molecule has 0 aliphatic rings. The maximum Gasteiger partial charge on any atom is 0.275 e. The zero-order valence-electron chi connectivity index (χ0n) is 8.92. The molecule has 1 heterocycles. The van der Waals surface area contributed by atoms with E-state index in [0.29, 0.717) is 0 Å². The Kier molecular flexibility index (Phi) is 3.20. The molecule has 0 unspecified atom stereocenters. The van der Waals surface area contributed by atoms with E-state index in [1.54, 1.807) is 18.3 Å². The third-order valence-corrected chi connectivity index (χ3v) is 2.14. The Morgan fingerprint density at radius 1 is 1.29 bits per heavy atom. The number of phenolic OH excluding ortho intramolecular Hbond substituents is 1. The number of phenols is 1. The van der Waals surface area contributed by atoms with E-state index in [0.717, 1.165) is 5.69 Å². The van der Waals surface area contributed by atoms with Crippen molar-refractivity contribution in [3.63, 3.8) is 0 Å². The van der Waals surface area contributed by atoms with Gasteiger partial charge in [-0.2, -0.15) is 5.10 Å². The van der Waals surface area contributed by atoms with Gasteiger partial charge in [-0.15, -0.1) is 0 Å². The van der Waals surface area contributed by atoms with Gasteiger partial charge in [0, 0.05) is 6.20 Å². The zero-order valence-corrected chi connectivity index (χ0v) is 8.92. The minimum Gasteiger partial charge on any atom is -0.507 e. The van der Waals surface area contributed by atoms with Crippen LogP contribution in [0.1, 0.15) is 16.1 Å². The average Bonchev–Trinajstić information content (AvgIpc) is 2.82. The number of H-pyrrole nitrogens is 1. The molecule has 1 amide bonds. The van der Waals surface area contributed by atoms with E-state index in [4.69, 9.17) is 0 Å². The second kappa shape index (κ2) is 4.98. The standard InChI is InChI=1S/C12H11N3O2/c16-11-6-2-1-5-10(11)12(17)15-14-8-9-4-3-7-13-9/h1-8,13,16H,(H,15,17)/b14-8+. The predicted molar refractivity (Wildman–Crippen MR) is 64.0 cm³/mol. The molecule has 0 radical (unpaired) electrons. The number of aromatic hydroxyl groups is 1. The molecule has 0 saturated carbocycles. The second-order valence-corrected chi connectivity index (χ2v) is 3.34. The van der Waals surface area contributed by atoms with Crippen LogP contribution >= 0.6 is 0 Å². The minimum atomic E-state index is -0.453. The first-order valence-corrected chi connectivity index (χ1v) is 5.02. The zero-order chi connectivity index (χ0) is 12.1. The first-order valence-electron chi connectivity index (χ1n) is 5.02. The van der Waals surface area contributed by atoms with Crippen molar-refractivity contribution < 1.29 is 9.90 Å². The molecule has 1 aromatic carbocycles. The monoisotopic (exact) mass is 229 g/mol. The van der Waals surface area contributed by atoms with Crippen LogP contribution < -0.4 is 5.43 Å². The molecular weight excluding hydrogens is 218 g/mol. The molecule has 0 bridgehead atoms. The SMILES string of the molecule is O=C(N/N=C/c1ccc[nH]1)c1ccccc1O. The molecule has 86 valence electrons. The van der Waals surface area contributed by atoms with Gasteiger partial charge in [-0.3, -0.25) is 4.79 Å². The highest BCUT2D eigenvalue weighted by molar-refractivity contribution is 5.97. The van der Waals surface area contributed by atoms with Crippen molar-refractivity contribution in [3.8, 4) is 5.75 Å². The summed E-state index contributed by atoms with van der Waals surface area (Å²) in [4.78, 5) is 14.5. The highest BCUT2D eigenvalue weighted by Gasteiger charge is 2.08. The Balaban J connectivity index is 2.01. The third-order valence-electron chi connectivity index (χ3n) is 2.14. The van der Waals surface area contributed by atoms with Crippen LogP contribution in [0.3, 0.4) is 0 Å². The van der Waals surface area contributed by atoms with Gasteiger partial charge in [0.2, 0.25) is 0 Å². The number of carbonyl (C=O) groups is 1. The largest absolute Gasteiger partial charge is 0.507 e. The van der Waals surface area contributed by atoms with Crippen LogP contribution in [0.5, 0.6) is 5.75 Å². The van der Waals surface area contributed by atoms with Gasteiger partial charge in [-0.05, 0) is 24.3 Å². The molecule has 0 fully saturated rings. The number of nitrogens with one attached hydrogen (secondary N) is 2. The van der Waals surface area contributed by atoms with E-state index in [9.17, 15) is 9.90 Å². The van der Waals surface area contributed by atoms with Gasteiger partial charge in [0.25, 0.3) is 5.91 Å². The van der Waals surface area contributed by atoms with Crippen LogP contribution in [-0.4, -0.2) is 22.2 Å². The van der Waals surface area contributed by atoms with Gasteiger partial charge in [-0.25, -0.2) is 5.43 Å². The van der Waals surface area contributed by atoms with E-state index < -0.39 is 5.91 Å². The van der Waals surface area contributed by atoms with Gasteiger partial charge in [0.05, 0.1) is 17.5 Å². The van der Waals surface area contributed by atoms with Crippen LogP contribution in [0.2, 0.25) is 0 Å². The molecule has 0 spiro atoms. The van der Waals surface area contributed by atoms with Gasteiger partial charge in [0.1, 0.15) is 5.75 Å². The Bertz CT molecular complexity index is 532. The summed E-state index contributed by atoms with van der Waals surface area (Å²) in [6, 6.07) is 9.93. The number of hydrogen-bond acceptors (Lipinski definition) is 3. The Morgan fingerprint density at radius 2 is 2.12 bits per heavy atom. The van der Waals surface area contributed by atoms with E-state index in [1.165, 1.54) is 18.3 Å². The summed E-state index contributed by atoms with van der Waals surface area (Å²) in [7, 11) is 0. The van der Waals surface area contributed by atoms with Crippen molar-refractivity contribution in [2.75, 3.05) is 0 Å². The fourth-order valence-electron chi connectivity index (χ4n) is 1.31. The van der Waals surface area contributed by atoms with Crippen LogP contribution in [-0.2, 0) is 0 Å². The molecule has 17 heavy (non-hydrogen) atoms. The third kappa shape index (κ3) is 2.72. The molecular formula is C12H11N3O2. The van der Waals surface area contributed by atoms with Crippen molar-refractivity contribution in [3.05, 3.63) is 53.9 Å². The molecule has 2 aromatic rings. The lowest BCUT2D eigenvalue weighted by atomic mass is 10.2. The number of aromatic nitrogens is 1. The van der Waals surface area contributed by atoms with Crippen LogP contribution in [0.4, 0.5) is 0 Å². The van der Waals surface area contributed by atoms with Crippen LogP contribution in [0, 0.1) is 0 Å². The van der Waals surface area contributed by atoms with Gasteiger partial charge < -0.3 is 10.1 Å². The van der Waals surface area contributed by atoms with Gasteiger partial charge >= 0.3 is 0 Å². The average molecular weight is 229 g/mol. The number of benzene rings is 1. The number of para-hydroxylation sites is 1. The highest BCUT2D eigenvalue weighted by Crippen LogP contribution is 2.14. The van der Waals surface area contributed by atoms with Crippen LogP contribution in [0.25, 0.3) is 0 Å². The maximum atomic E-state index is 11.6. The first kappa shape index (κ1) is 10.9.